The van der Waals surface area contributed by atoms with Crippen molar-refractivity contribution in [3.8, 4) is 0 Å². The molecule has 0 bridgehead atoms. The average Bonchev–Trinajstić information content (AvgIpc) is 2.92. The zero-order valence-corrected chi connectivity index (χ0v) is 13.4. The van der Waals surface area contributed by atoms with Crippen molar-refractivity contribution in [2.24, 2.45) is 0 Å². The lowest BCUT2D eigenvalue weighted by atomic mass is 10.0. The molecule has 1 atom stereocenters. The molecular weight excluding hydrogens is 272 g/mol. The molecule has 0 saturated carbocycles. The van der Waals surface area contributed by atoms with Gasteiger partial charge in [0, 0.05) is 13.6 Å². The maximum Gasteiger partial charge on any atom is 0.239 e. The standard InChI is InChI=1S/C16H24N2O.ClH/c1-12(2)14-8-6-13(7-9-14)11-18(3)16(19)15-5-4-10-17-15;/h6-9,12,15,17H,4-5,10-11H2,1-3H3;1H. The number of rotatable bonds is 4. The predicted molar refractivity (Wildman–Crippen MR) is 85.3 cm³/mol. The second kappa shape index (κ2) is 7.65. The molecule has 1 fully saturated rings. The van der Waals surface area contributed by atoms with E-state index in [4.69, 9.17) is 0 Å². The zero-order chi connectivity index (χ0) is 13.8. The molecule has 1 saturated heterocycles. The number of nitrogens with one attached hydrogen (secondary N) is 1. The highest BCUT2D eigenvalue weighted by atomic mass is 35.5. The summed E-state index contributed by atoms with van der Waals surface area (Å²) in [6, 6.07) is 8.60. The van der Waals surface area contributed by atoms with E-state index in [0.29, 0.717) is 12.5 Å². The van der Waals surface area contributed by atoms with Crippen molar-refractivity contribution in [2.45, 2.75) is 45.2 Å². The van der Waals surface area contributed by atoms with Gasteiger partial charge in [-0.05, 0) is 36.4 Å². The van der Waals surface area contributed by atoms with Crippen molar-refractivity contribution in [3.05, 3.63) is 35.4 Å². The fourth-order valence-electron chi connectivity index (χ4n) is 2.52. The fourth-order valence-corrected chi connectivity index (χ4v) is 2.52. The van der Waals surface area contributed by atoms with E-state index >= 15 is 0 Å². The van der Waals surface area contributed by atoms with Crippen molar-refractivity contribution < 1.29 is 4.79 Å². The second-order valence-corrected chi connectivity index (χ2v) is 5.74. The largest absolute Gasteiger partial charge is 0.340 e. The van der Waals surface area contributed by atoms with Crippen LogP contribution in [0.3, 0.4) is 0 Å². The van der Waals surface area contributed by atoms with Crippen molar-refractivity contribution >= 4 is 18.3 Å². The van der Waals surface area contributed by atoms with Gasteiger partial charge in [0.1, 0.15) is 0 Å². The second-order valence-electron chi connectivity index (χ2n) is 5.74. The van der Waals surface area contributed by atoms with Gasteiger partial charge in [-0.15, -0.1) is 12.4 Å². The minimum atomic E-state index is 0. The Kier molecular flexibility index (Phi) is 6.50. The van der Waals surface area contributed by atoms with Gasteiger partial charge in [0.05, 0.1) is 6.04 Å². The Hall–Kier alpha value is -1.06. The normalized spacial score (nSPS) is 17.9. The van der Waals surface area contributed by atoms with E-state index in [1.165, 1.54) is 11.1 Å². The monoisotopic (exact) mass is 296 g/mol. The van der Waals surface area contributed by atoms with Crippen LogP contribution in [0.5, 0.6) is 0 Å². The van der Waals surface area contributed by atoms with E-state index in [-0.39, 0.29) is 24.4 Å². The van der Waals surface area contributed by atoms with Gasteiger partial charge in [-0.2, -0.15) is 0 Å². The van der Waals surface area contributed by atoms with Crippen LogP contribution in [0.4, 0.5) is 0 Å². The molecule has 1 N–H and O–H groups in total. The summed E-state index contributed by atoms with van der Waals surface area (Å²) in [6.07, 6.45) is 2.07. The number of hydrogen-bond donors (Lipinski definition) is 1. The third kappa shape index (κ3) is 4.22. The molecule has 1 amide bonds. The molecule has 0 spiro atoms. The smallest absolute Gasteiger partial charge is 0.239 e. The lowest BCUT2D eigenvalue weighted by Gasteiger charge is -2.21. The maximum absolute atomic E-state index is 12.2. The van der Waals surface area contributed by atoms with E-state index in [9.17, 15) is 4.79 Å². The summed E-state index contributed by atoms with van der Waals surface area (Å²) >= 11 is 0. The fraction of sp³-hybridized carbons (Fsp3) is 0.562. The Labute approximate surface area is 128 Å². The van der Waals surface area contributed by atoms with Crippen LogP contribution in [-0.2, 0) is 11.3 Å². The van der Waals surface area contributed by atoms with Crippen molar-refractivity contribution in [1.82, 2.24) is 10.2 Å². The first-order valence-corrected chi connectivity index (χ1v) is 7.15. The number of carbonyl (C=O) groups is 1. The lowest BCUT2D eigenvalue weighted by Crippen LogP contribution is -2.41. The minimum Gasteiger partial charge on any atom is -0.340 e. The molecule has 1 aromatic carbocycles. The molecule has 0 aromatic heterocycles. The highest BCUT2D eigenvalue weighted by Crippen LogP contribution is 2.16. The Morgan fingerprint density at radius 2 is 2.00 bits per heavy atom. The van der Waals surface area contributed by atoms with Crippen LogP contribution in [0.1, 0.15) is 43.7 Å². The molecule has 1 aliphatic heterocycles. The van der Waals surface area contributed by atoms with Crippen LogP contribution in [0.2, 0.25) is 0 Å². The van der Waals surface area contributed by atoms with Crippen molar-refractivity contribution in [1.29, 1.82) is 0 Å². The van der Waals surface area contributed by atoms with E-state index < -0.39 is 0 Å². The number of nitrogens with zero attached hydrogens (tertiary/aromatic N) is 1. The average molecular weight is 297 g/mol. The van der Waals surface area contributed by atoms with E-state index in [1.54, 1.807) is 0 Å². The SMILES string of the molecule is CC(C)c1ccc(CN(C)C(=O)C2CCCN2)cc1.Cl. The van der Waals surface area contributed by atoms with Crippen molar-refractivity contribution in [3.63, 3.8) is 0 Å². The highest BCUT2D eigenvalue weighted by Gasteiger charge is 2.24. The summed E-state index contributed by atoms with van der Waals surface area (Å²) in [4.78, 5) is 14.0. The van der Waals surface area contributed by atoms with Gasteiger partial charge in [-0.3, -0.25) is 4.79 Å². The summed E-state index contributed by atoms with van der Waals surface area (Å²) in [5.74, 6) is 0.765. The number of likely N-dealkylation sites (N-methyl/N-ethyl adjacent to an activating group) is 1. The number of amides is 1. The topological polar surface area (TPSA) is 32.3 Å². The number of halogens is 1. The molecule has 3 nitrogen and oxygen atoms in total. The number of benzene rings is 1. The molecule has 112 valence electrons. The van der Waals surface area contributed by atoms with Crippen LogP contribution < -0.4 is 5.32 Å². The van der Waals surface area contributed by atoms with Crippen LogP contribution in [0.25, 0.3) is 0 Å². The molecule has 0 radical (unpaired) electrons. The molecule has 1 unspecified atom stereocenters. The third-order valence-corrected chi connectivity index (χ3v) is 3.80. The number of hydrogen-bond acceptors (Lipinski definition) is 2. The van der Waals surface area contributed by atoms with Crippen LogP contribution in [0, 0.1) is 0 Å². The molecule has 20 heavy (non-hydrogen) atoms. The Balaban J connectivity index is 0.00000200. The molecule has 4 heteroatoms. The van der Waals surface area contributed by atoms with E-state index in [2.05, 4.69) is 43.4 Å². The number of carbonyl (C=O) groups excluding carboxylic acids is 1. The van der Waals surface area contributed by atoms with Gasteiger partial charge in [-0.1, -0.05) is 38.1 Å². The van der Waals surface area contributed by atoms with Crippen LogP contribution in [-0.4, -0.2) is 30.4 Å². The third-order valence-electron chi connectivity index (χ3n) is 3.80. The lowest BCUT2D eigenvalue weighted by molar-refractivity contribution is -0.132. The summed E-state index contributed by atoms with van der Waals surface area (Å²) < 4.78 is 0. The first-order chi connectivity index (χ1) is 9.08. The van der Waals surface area contributed by atoms with E-state index in [0.717, 1.165) is 19.4 Å². The highest BCUT2D eigenvalue weighted by molar-refractivity contribution is 5.85. The summed E-state index contributed by atoms with van der Waals surface area (Å²) in [6.45, 7) is 6.04. The Morgan fingerprint density at radius 1 is 1.35 bits per heavy atom. The Morgan fingerprint density at radius 3 is 2.50 bits per heavy atom. The van der Waals surface area contributed by atoms with Crippen LogP contribution >= 0.6 is 12.4 Å². The summed E-state index contributed by atoms with van der Waals surface area (Å²) in [5, 5.41) is 3.26. The van der Waals surface area contributed by atoms with E-state index in [1.807, 2.05) is 11.9 Å². The molecule has 0 aliphatic carbocycles. The zero-order valence-electron chi connectivity index (χ0n) is 12.6. The summed E-state index contributed by atoms with van der Waals surface area (Å²) in [5.41, 5.74) is 2.54. The predicted octanol–water partition coefficient (Wildman–Crippen LogP) is 2.94. The quantitative estimate of drug-likeness (QED) is 0.926. The van der Waals surface area contributed by atoms with Crippen molar-refractivity contribution in [2.75, 3.05) is 13.6 Å². The van der Waals surface area contributed by atoms with Gasteiger partial charge < -0.3 is 10.2 Å². The first kappa shape index (κ1) is 17.0. The van der Waals surface area contributed by atoms with Gasteiger partial charge >= 0.3 is 0 Å². The molecule has 2 rings (SSSR count). The van der Waals surface area contributed by atoms with Gasteiger partial charge in [-0.25, -0.2) is 0 Å². The molecular formula is C16H25ClN2O. The maximum atomic E-state index is 12.2. The molecule has 1 aromatic rings. The minimum absolute atomic E-state index is 0. The molecule has 1 aliphatic rings. The van der Waals surface area contributed by atoms with Gasteiger partial charge in [0.25, 0.3) is 0 Å². The molecule has 1 heterocycles. The van der Waals surface area contributed by atoms with Crippen LogP contribution in [0.15, 0.2) is 24.3 Å². The van der Waals surface area contributed by atoms with Gasteiger partial charge in [0.2, 0.25) is 5.91 Å². The first-order valence-electron chi connectivity index (χ1n) is 7.15. The Bertz CT molecular complexity index is 425. The van der Waals surface area contributed by atoms with Gasteiger partial charge in [0.15, 0.2) is 0 Å². The summed E-state index contributed by atoms with van der Waals surface area (Å²) in [7, 11) is 1.89.